The average Bonchev–Trinajstić information content (AvgIpc) is 3.42. The Labute approximate surface area is 184 Å². The Hall–Kier alpha value is -2.93. The second-order valence-corrected chi connectivity index (χ2v) is 9.60. The van der Waals surface area contributed by atoms with Gasteiger partial charge in [0, 0.05) is 10.4 Å². The Morgan fingerprint density at radius 2 is 1.77 bits per heavy atom. The van der Waals surface area contributed by atoms with E-state index in [1.54, 1.807) is 0 Å². The maximum Gasteiger partial charge on any atom is 0.341 e. The van der Waals surface area contributed by atoms with Crippen LogP contribution in [0.4, 0.5) is 5.00 Å². The van der Waals surface area contributed by atoms with Crippen molar-refractivity contribution in [3.63, 3.8) is 0 Å². The molecule has 0 spiro atoms. The predicted molar refractivity (Wildman–Crippen MR) is 119 cm³/mol. The zero-order chi connectivity index (χ0) is 22.4. The molecule has 2 aliphatic rings. The van der Waals surface area contributed by atoms with E-state index in [2.05, 4.69) is 5.32 Å². The molecule has 4 rings (SSSR count). The monoisotopic (exact) mass is 439 g/mol. The van der Waals surface area contributed by atoms with Crippen molar-refractivity contribution in [3.8, 4) is 11.1 Å². The fourth-order valence-corrected chi connectivity index (χ4v) is 6.03. The highest BCUT2D eigenvalue weighted by atomic mass is 32.1. The topological polar surface area (TPSA) is 92.7 Å². The summed E-state index contributed by atoms with van der Waals surface area (Å²) in [6.07, 6.45) is 4.52. The van der Waals surface area contributed by atoms with E-state index >= 15 is 0 Å². The third-order valence-corrected chi connectivity index (χ3v) is 7.44. The summed E-state index contributed by atoms with van der Waals surface area (Å²) in [4.78, 5) is 38.7. The van der Waals surface area contributed by atoms with Gasteiger partial charge < -0.3 is 15.2 Å². The number of aryl methyl sites for hydroxylation is 3. The second-order valence-electron chi connectivity index (χ2n) is 8.37. The van der Waals surface area contributed by atoms with Gasteiger partial charge in [0.25, 0.3) is 0 Å². The summed E-state index contributed by atoms with van der Waals surface area (Å²) in [6.45, 7) is 5.87. The highest BCUT2D eigenvalue weighted by Crippen LogP contribution is 2.49. The van der Waals surface area contributed by atoms with Gasteiger partial charge in [-0.25, -0.2) is 4.79 Å². The van der Waals surface area contributed by atoms with Crippen molar-refractivity contribution in [1.82, 2.24) is 0 Å². The van der Waals surface area contributed by atoms with Crippen LogP contribution in [0.1, 0.15) is 32.8 Å². The number of carboxylic acid groups (broad SMARTS) is 1. The molecule has 0 aliphatic heterocycles. The van der Waals surface area contributed by atoms with Gasteiger partial charge in [-0.1, -0.05) is 35.9 Å². The van der Waals surface area contributed by atoms with Crippen molar-refractivity contribution < 1.29 is 24.2 Å². The lowest BCUT2D eigenvalue weighted by atomic mass is 9.82. The maximum absolute atomic E-state index is 13.2. The van der Waals surface area contributed by atoms with Crippen LogP contribution in [0.2, 0.25) is 0 Å². The van der Waals surface area contributed by atoms with Gasteiger partial charge in [0.15, 0.2) is 0 Å². The number of carbonyl (C=O) groups is 3. The number of carbonyl (C=O) groups excluding carboxylic acids is 2. The zero-order valence-electron chi connectivity index (χ0n) is 17.9. The molecule has 162 valence electrons. The van der Waals surface area contributed by atoms with Crippen LogP contribution in [-0.4, -0.2) is 30.1 Å². The molecule has 0 radical (unpaired) electrons. The number of thiophene rings is 1. The molecule has 7 heteroatoms. The molecular weight excluding hydrogens is 414 g/mol. The number of nitrogens with one attached hydrogen (secondary N) is 1. The number of allylic oxidation sites excluding steroid dienone is 2. The van der Waals surface area contributed by atoms with E-state index in [0.717, 1.165) is 27.1 Å². The van der Waals surface area contributed by atoms with Gasteiger partial charge in [-0.2, -0.15) is 0 Å². The minimum atomic E-state index is -0.955. The molecule has 2 aliphatic carbocycles. The normalized spacial score (nSPS) is 23.7. The Kier molecular flexibility index (Phi) is 5.47. The van der Waals surface area contributed by atoms with Crippen LogP contribution in [0.25, 0.3) is 11.1 Å². The highest BCUT2D eigenvalue weighted by molar-refractivity contribution is 7.17. The number of anilines is 1. The minimum Gasteiger partial charge on any atom is -0.481 e. The van der Waals surface area contributed by atoms with Gasteiger partial charge >= 0.3 is 11.9 Å². The molecule has 31 heavy (non-hydrogen) atoms. The lowest BCUT2D eigenvalue weighted by Crippen LogP contribution is -2.36. The second kappa shape index (κ2) is 7.96. The molecule has 2 aromatic rings. The van der Waals surface area contributed by atoms with E-state index in [0.29, 0.717) is 17.0 Å². The fraction of sp³-hybridized carbons (Fsp3) is 0.375. The quantitative estimate of drug-likeness (QED) is 0.525. The van der Waals surface area contributed by atoms with Gasteiger partial charge in [0.05, 0.1) is 18.9 Å². The molecule has 1 aromatic carbocycles. The number of amides is 1. The summed E-state index contributed by atoms with van der Waals surface area (Å²) in [7, 11) is 1.31. The van der Waals surface area contributed by atoms with Crippen molar-refractivity contribution in [2.75, 3.05) is 12.4 Å². The Bertz CT molecular complexity index is 1120. The third kappa shape index (κ3) is 3.57. The smallest absolute Gasteiger partial charge is 0.341 e. The minimum absolute atomic E-state index is 0.0905. The van der Waals surface area contributed by atoms with Crippen molar-refractivity contribution in [1.29, 1.82) is 0 Å². The number of hydrogen-bond donors (Lipinski definition) is 2. The predicted octanol–water partition coefficient (Wildman–Crippen LogP) is 4.59. The Balaban J connectivity index is 1.75. The molecule has 0 unspecified atom stereocenters. The number of rotatable bonds is 5. The van der Waals surface area contributed by atoms with Crippen LogP contribution in [0.15, 0.2) is 30.4 Å². The largest absolute Gasteiger partial charge is 0.481 e. The maximum atomic E-state index is 13.2. The van der Waals surface area contributed by atoms with Crippen LogP contribution >= 0.6 is 11.3 Å². The van der Waals surface area contributed by atoms with Gasteiger partial charge in [0.1, 0.15) is 10.6 Å². The first-order valence-electron chi connectivity index (χ1n) is 10.2. The molecule has 1 saturated carbocycles. The Morgan fingerprint density at radius 3 is 2.42 bits per heavy atom. The van der Waals surface area contributed by atoms with Crippen LogP contribution in [0.5, 0.6) is 0 Å². The van der Waals surface area contributed by atoms with Gasteiger partial charge in [0.2, 0.25) is 5.91 Å². The first-order valence-corrected chi connectivity index (χ1v) is 11.1. The molecular formula is C24H25NO5S. The van der Waals surface area contributed by atoms with Crippen LogP contribution in [0.3, 0.4) is 0 Å². The first kappa shape index (κ1) is 21.3. The highest BCUT2D eigenvalue weighted by Gasteiger charge is 2.51. The number of ether oxygens (including phenoxy) is 1. The van der Waals surface area contributed by atoms with Crippen molar-refractivity contribution in [2.45, 2.75) is 27.2 Å². The third-order valence-electron chi connectivity index (χ3n) is 6.42. The van der Waals surface area contributed by atoms with E-state index in [1.807, 2.05) is 51.1 Å². The molecule has 0 saturated heterocycles. The summed E-state index contributed by atoms with van der Waals surface area (Å²) < 4.78 is 5.05. The lowest BCUT2D eigenvalue weighted by Gasteiger charge is -2.23. The number of fused-ring (bicyclic) bond motifs is 2. The molecule has 1 aromatic heterocycles. The summed E-state index contributed by atoms with van der Waals surface area (Å²) in [6, 6.07) is 6.03. The number of methoxy groups -OCH3 is 1. The SMILES string of the molecule is COC(=O)c1c(NC(=O)[C@@H]2[C@@H](C(=O)O)[C@H]3C=C[C@H]2C3)sc(C)c1-c1cc(C)ccc1C. The standard InChI is InChI=1S/C24H25NO5S/c1-11-5-6-12(2)16(9-11)17-13(3)31-22(20(17)24(29)30-4)25-21(26)18-14-7-8-15(10-14)19(18)23(27)28/h5-9,14-15,18-19H,10H2,1-4H3,(H,25,26)(H,27,28)/t14-,15-,18-,19-/m0/s1. The molecule has 4 atom stereocenters. The molecule has 1 fully saturated rings. The molecule has 2 N–H and O–H groups in total. The van der Waals surface area contributed by atoms with E-state index in [-0.39, 0.29) is 17.7 Å². The summed E-state index contributed by atoms with van der Waals surface area (Å²) in [5.74, 6) is -3.44. The van der Waals surface area contributed by atoms with Gasteiger partial charge in [-0.3, -0.25) is 9.59 Å². The van der Waals surface area contributed by atoms with Crippen LogP contribution < -0.4 is 5.32 Å². The summed E-state index contributed by atoms with van der Waals surface area (Å²) in [5, 5.41) is 13.0. The van der Waals surface area contributed by atoms with E-state index in [4.69, 9.17) is 4.74 Å². The number of esters is 1. The summed E-state index contributed by atoms with van der Waals surface area (Å²) in [5.41, 5.74) is 4.05. The molecule has 1 amide bonds. The fourth-order valence-electron chi connectivity index (χ4n) is 4.97. The summed E-state index contributed by atoms with van der Waals surface area (Å²) >= 11 is 1.31. The Morgan fingerprint density at radius 1 is 1.10 bits per heavy atom. The lowest BCUT2D eigenvalue weighted by molar-refractivity contribution is -0.146. The van der Waals surface area contributed by atoms with Crippen molar-refractivity contribution in [2.24, 2.45) is 23.7 Å². The van der Waals surface area contributed by atoms with Crippen molar-refractivity contribution >= 4 is 34.2 Å². The molecule has 1 heterocycles. The van der Waals surface area contributed by atoms with Gasteiger partial charge in [-0.05, 0) is 50.2 Å². The number of carboxylic acids is 1. The van der Waals surface area contributed by atoms with E-state index in [9.17, 15) is 19.5 Å². The average molecular weight is 440 g/mol. The number of hydrogen-bond acceptors (Lipinski definition) is 5. The van der Waals surface area contributed by atoms with Crippen LogP contribution in [0, 0.1) is 44.4 Å². The van der Waals surface area contributed by atoms with Crippen LogP contribution in [-0.2, 0) is 14.3 Å². The van der Waals surface area contributed by atoms with Crippen molar-refractivity contribution in [3.05, 3.63) is 51.9 Å². The number of benzene rings is 1. The molecule has 2 bridgehead atoms. The van der Waals surface area contributed by atoms with Gasteiger partial charge in [-0.15, -0.1) is 11.3 Å². The molecule has 6 nitrogen and oxygen atoms in total. The zero-order valence-corrected chi connectivity index (χ0v) is 18.7. The number of aliphatic carboxylic acids is 1. The van der Waals surface area contributed by atoms with E-state index < -0.39 is 23.8 Å². The van der Waals surface area contributed by atoms with E-state index in [1.165, 1.54) is 18.4 Å². The first-order chi connectivity index (χ1) is 14.7.